The van der Waals surface area contributed by atoms with Crippen molar-refractivity contribution in [2.24, 2.45) is 23.3 Å². The van der Waals surface area contributed by atoms with Crippen LogP contribution < -0.4 is 22.1 Å². The van der Waals surface area contributed by atoms with Crippen LogP contribution in [-0.4, -0.2) is 72.3 Å². The highest BCUT2D eigenvalue weighted by Gasteiger charge is 2.26. The summed E-state index contributed by atoms with van der Waals surface area (Å²) in [7, 11) is 1.13. The van der Waals surface area contributed by atoms with Crippen molar-refractivity contribution in [3.63, 3.8) is 0 Å². The molecular formula is C18H35N5O6. The minimum absolute atomic E-state index is 0.113. The second-order valence-electron chi connectivity index (χ2n) is 7.77. The SMILES string of the molecule is COC(=O)N(CC(=O)NC(CC(C)C)C(N)=O)CC(O)NC(CC(C)C)C(N)=O. The molecule has 7 N–H and O–H groups in total. The van der Waals surface area contributed by atoms with E-state index in [1.54, 1.807) is 0 Å². The van der Waals surface area contributed by atoms with E-state index in [1.165, 1.54) is 0 Å². The van der Waals surface area contributed by atoms with E-state index in [-0.39, 0.29) is 18.4 Å². The molecule has 0 radical (unpaired) electrons. The lowest BCUT2D eigenvalue weighted by Gasteiger charge is -2.27. The van der Waals surface area contributed by atoms with Crippen LogP contribution in [0, 0.1) is 11.8 Å². The number of aliphatic hydroxyl groups is 1. The molecule has 0 rings (SSSR count). The van der Waals surface area contributed by atoms with E-state index >= 15 is 0 Å². The van der Waals surface area contributed by atoms with E-state index in [0.29, 0.717) is 12.8 Å². The predicted octanol–water partition coefficient (Wildman–Crippen LogP) is -1.12. The summed E-state index contributed by atoms with van der Waals surface area (Å²) in [5, 5.41) is 15.3. The topological polar surface area (TPSA) is 177 Å². The molecule has 3 atom stereocenters. The zero-order valence-corrected chi connectivity index (χ0v) is 17.8. The van der Waals surface area contributed by atoms with Crippen LogP contribution in [0.2, 0.25) is 0 Å². The van der Waals surface area contributed by atoms with Crippen molar-refractivity contribution in [3.05, 3.63) is 0 Å². The molecule has 3 unspecified atom stereocenters. The van der Waals surface area contributed by atoms with Crippen molar-refractivity contribution < 1.29 is 29.0 Å². The molecule has 0 heterocycles. The molecule has 0 fully saturated rings. The first kappa shape index (κ1) is 26.6. The molecule has 0 aromatic carbocycles. The molecule has 0 aliphatic carbocycles. The lowest BCUT2D eigenvalue weighted by molar-refractivity contribution is -0.128. The van der Waals surface area contributed by atoms with Gasteiger partial charge in [0, 0.05) is 0 Å². The van der Waals surface area contributed by atoms with Crippen LogP contribution in [0.3, 0.4) is 0 Å². The standard InChI is InChI=1S/C18H35N5O6/c1-10(2)6-12(16(19)26)21-14(24)8-23(18(28)29-5)9-15(25)22-13(17(20)27)7-11(3)4/h10-14,21,24H,6-9H2,1-5H3,(H2,19,26)(H2,20,27)(H,22,25). The van der Waals surface area contributed by atoms with Gasteiger partial charge in [0.25, 0.3) is 0 Å². The van der Waals surface area contributed by atoms with Gasteiger partial charge in [0.1, 0.15) is 18.8 Å². The van der Waals surface area contributed by atoms with E-state index < -0.39 is 48.7 Å². The van der Waals surface area contributed by atoms with Crippen molar-refractivity contribution in [2.45, 2.75) is 58.8 Å². The summed E-state index contributed by atoms with van der Waals surface area (Å²) in [5.74, 6) is -1.71. The zero-order chi connectivity index (χ0) is 22.7. The van der Waals surface area contributed by atoms with Crippen LogP contribution in [0.15, 0.2) is 0 Å². The monoisotopic (exact) mass is 417 g/mol. The van der Waals surface area contributed by atoms with Gasteiger partial charge in [0.2, 0.25) is 17.7 Å². The van der Waals surface area contributed by atoms with Gasteiger partial charge in [0.05, 0.1) is 19.7 Å². The van der Waals surface area contributed by atoms with E-state index in [4.69, 9.17) is 11.5 Å². The third-order valence-corrected chi connectivity index (χ3v) is 3.99. The molecule has 11 nitrogen and oxygen atoms in total. The molecular weight excluding hydrogens is 382 g/mol. The predicted molar refractivity (Wildman–Crippen MR) is 106 cm³/mol. The van der Waals surface area contributed by atoms with Gasteiger partial charge in [-0.05, 0) is 24.7 Å². The van der Waals surface area contributed by atoms with Gasteiger partial charge in [-0.15, -0.1) is 0 Å². The number of hydrogen-bond acceptors (Lipinski definition) is 7. The number of methoxy groups -OCH3 is 1. The Labute approximate surface area is 171 Å². The number of hydrogen-bond donors (Lipinski definition) is 5. The number of nitrogens with two attached hydrogens (primary N) is 2. The Morgan fingerprint density at radius 2 is 1.45 bits per heavy atom. The average molecular weight is 418 g/mol. The lowest BCUT2D eigenvalue weighted by atomic mass is 10.0. The Morgan fingerprint density at radius 3 is 1.86 bits per heavy atom. The van der Waals surface area contributed by atoms with Gasteiger partial charge in [-0.3, -0.25) is 24.6 Å². The first-order valence-electron chi connectivity index (χ1n) is 9.52. The number of carbonyl (C=O) groups is 4. The highest BCUT2D eigenvalue weighted by molar-refractivity contribution is 5.88. The largest absolute Gasteiger partial charge is 0.453 e. The average Bonchev–Trinajstić information content (AvgIpc) is 2.58. The summed E-state index contributed by atoms with van der Waals surface area (Å²) in [6, 6.07) is -1.68. The molecule has 4 amide bonds. The fourth-order valence-corrected chi connectivity index (χ4v) is 2.70. The van der Waals surface area contributed by atoms with E-state index in [2.05, 4.69) is 15.4 Å². The third-order valence-electron chi connectivity index (χ3n) is 3.99. The molecule has 0 aromatic rings. The lowest BCUT2D eigenvalue weighted by Crippen LogP contribution is -2.54. The van der Waals surface area contributed by atoms with E-state index in [0.717, 1.165) is 12.0 Å². The smallest absolute Gasteiger partial charge is 0.410 e. The van der Waals surface area contributed by atoms with Crippen LogP contribution in [0.4, 0.5) is 4.79 Å². The summed E-state index contributed by atoms with van der Waals surface area (Å²) >= 11 is 0. The Hall–Kier alpha value is -2.40. The normalized spacial score (nSPS) is 14.2. The first-order chi connectivity index (χ1) is 13.4. The number of carbonyl (C=O) groups excluding carboxylic acids is 4. The number of rotatable bonds is 13. The van der Waals surface area contributed by atoms with Gasteiger partial charge in [-0.25, -0.2) is 4.79 Å². The molecule has 0 saturated heterocycles. The fourth-order valence-electron chi connectivity index (χ4n) is 2.70. The molecule has 0 saturated carbocycles. The summed E-state index contributed by atoms with van der Waals surface area (Å²) in [6.07, 6.45) is -1.46. The molecule has 11 heteroatoms. The van der Waals surface area contributed by atoms with Crippen LogP contribution in [0.5, 0.6) is 0 Å². The Balaban J connectivity index is 5.03. The first-order valence-corrected chi connectivity index (χ1v) is 9.52. The minimum Gasteiger partial charge on any atom is -0.453 e. The highest BCUT2D eigenvalue weighted by atomic mass is 16.5. The maximum atomic E-state index is 12.3. The van der Waals surface area contributed by atoms with Gasteiger partial charge < -0.3 is 26.6 Å². The summed E-state index contributed by atoms with van der Waals surface area (Å²) in [5.41, 5.74) is 10.6. The van der Waals surface area contributed by atoms with Crippen molar-refractivity contribution in [2.75, 3.05) is 20.2 Å². The van der Waals surface area contributed by atoms with Crippen molar-refractivity contribution in [1.29, 1.82) is 0 Å². The van der Waals surface area contributed by atoms with E-state index in [9.17, 15) is 24.3 Å². The zero-order valence-electron chi connectivity index (χ0n) is 17.8. The Kier molecular flexibility index (Phi) is 11.9. The molecule has 168 valence electrons. The summed E-state index contributed by atoms with van der Waals surface area (Å²) in [6.45, 7) is 6.71. The number of aliphatic hydroxyl groups excluding tert-OH is 1. The molecule has 0 aromatic heterocycles. The second-order valence-corrected chi connectivity index (χ2v) is 7.77. The van der Waals surface area contributed by atoms with Crippen molar-refractivity contribution in [3.8, 4) is 0 Å². The Morgan fingerprint density at radius 1 is 0.966 bits per heavy atom. The third kappa shape index (κ3) is 11.3. The van der Waals surface area contributed by atoms with Crippen LogP contribution >= 0.6 is 0 Å². The van der Waals surface area contributed by atoms with Crippen LogP contribution in [-0.2, 0) is 19.1 Å². The molecule has 29 heavy (non-hydrogen) atoms. The number of nitrogens with one attached hydrogen (secondary N) is 2. The summed E-state index contributed by atoms with van der Waals surface area (Å²) < 4.78 is 4.63. The van der Waals surface area contributed by atoms with Gasteiger partial charge in [-0.2, -0.15) is 0 Å². The number of amides is 4. The van der Waals surface area contributed by atoms with Crippen LogP contribution in [0.25, 0.3) is 0 Å². The quantitative estimate of drug-likeness (QED) is 0.236. The minimum atomic E-state index is -1.33. The van der Waals surface area contributed by atoms with E-state index in [1.807, 2.05) is 27.7 Å². The maximum absolute atomic E-state index is 12.3. The van der Waals surface area contributed by atoms with Crippen molar-refractivity contribution >= 4 is 23.8 Å². The molecule has 0 aliphatic heterocycles. The van der Waals surface area contributed by atoms with Gasteiger partial charge >= 0.3 is 6.09 Å². The fraction of sp³-hybridized carbons (Fsp3) is 0.778. The maximum Gasteiger partial charge on any atom is 0.410 e. The van der Waals surface area contributed by atoms with Crippen molar-refractivity contribution in [1.82, 2.24) is 15.5 Å². The molecule has 0 bridgehead atoms. The number of primary amides is 2. The Bertz CT molecular complexity index is 569. The number of ether oxygens (including phenoxy) is 1. The van der Waals surface area contributed by atoms with Gasteiger partial charge in [0.15, 0.2) is 0 Å². The summed E-state index contributed by atoms with van der Waals surface area (Å²) in [4.78, 5) is 48.2. The van der Waals surface area contributed by atoms with Crippen LogP contribution in [0.1, 0.15) is 40.5 Å². The second kappa shape index (κ2) is 12.9. The molecule has 0 spiro atoms. The highest BCUT2D eigenvalue weighted by Crippen LogP contribution is 2.07. The molecule has 0 aliphatic rings. The number of nitrogens with zero attached hydrogens (tertiary/aromatic N) is 1. The van der Waals surface area contributed by atoms with Gasteiger partial charge in [-0.1, -0.05) is 27.7 Å².